The van der Waals surface area contributed by atoms with Crippen LogP contribution in [0.25, 0.3) is 5.76 Å². The fourth-order valence-electron chi connectivity index (χ4n) is 1.16. The maximum Gasteiger partial charge on any atom is 0.119 e. The zero-order valence-electron chi connectivity index (χ0n) is 8.22. The van der Waals surface area contributed by atoms with Crippen molar-refractivity contribution in [3.63, 3.8) is 0 Å². The lowest BCUT2D eigenvalue weighted by Crippen LogP contribution is -1.99. The van der Waals surface area contributed by atoms with Crippen molar-refractivity contribution in [2.75, 3.05) is 6.61 Å². The largest absolute Gasteiger partial charge is 0.494 e. The van der Waals surface area contributed by atoms with E-state index in [9.17, 15) is 0 Å². The molecule has 3 heteroatoms. The van der Waals surface area contributed by atoms with Crippen molar-refractivity contribution in [1.82, 2.24) is 0 Å². The summed E-state index contributed by atoms with van der Waals surface area (Å²) >= 11 is 5.93. The van der Waals surface area contributed by atoms with E-state index in [0.29, 0.717) is 23.9 Å². The Hall–Kier alpha value is -0.990. The molecule has 1 aromatic carbocycles. The molecular weight excluding hydrogens is 198 g/mol. The van der Waals surface area contributed by atoms with Gasteiger partial charge in [-0.2, -0.15) is 0 Å². The summed E-state index contributed by atoms with van der Waals surface area (Å²) in [5, 5.41) is 0.681. The molecular formula is C11H14ClNO. The summed E-state index contributed by atoms with van der Waals surface area (Å²) in [5.41, 5.74) is 7.37. The Labute approximate surface area is 89.3 Å². The average Bonchev–Trinajstić information content (AvgIpc) is 2.19. The summed E-state index contributed by atoms with van der Waals surface area (Å²) in [6.45, 7) is 6.77. The molecule has 1 rings (SSSR count). The highest BCUT2D eigenvalue weighted by Gasteiger charge is 2.03. The molecule has 0 radical (unpaired) electrons. The van der Waals surface area contributed by atoms with Crippen LogP contribution in [0.15, 0.2) is 24.8 Å². The van der Waals surface area contributed by atoms with E-state index in [0.717, 1.165) is 11.1 Å². The van der Waals surface area contributed by atoms with Crippen molar-refractivity contribution < 1.29 is 4.74 Å². The predicted octanol–water partition coefficient (Wildman–Crippen LogP) is 2.81. The molecule has 0 aromatic heterocycles. The molecule has 14 heavy (non-hydrogen) atoms. The average molecular weight is 212 g/mol. The van der Waals surface area contributed by atoms with Crippen molar-refractivity contribution in [1.29, 1.82) is 0 Å². The van der Waals surface area contributed by atoms with Gasteiger partial charge in [-0.05, 0) is 30.7 Å². The first-order valence-corrected chi connectivity index (χ1v) is 4.87. The quantitative estimate of drug-likeness (QED) is 0.778. The Morgan fingerprint density at radius 1 is 1.57 bits per heavy atom. The number of ether oxygens (including phenoxy) is 1. The van der Waals surface area contributed by atoms with E-state index in [1.165, 1.54) is 0 Å². The van der Waals surface area contributed by atoms with Crippen LogP contribution in [-0.4, -0.2) is 6.61 Å². The SMILES string of the molecule is C=C(OCC)c1ccc(Cl)c(CN)c1. The second-order valence-electron chi connectivity index (χ2n) is 2.87. The van der Waals surface area contributed by atoms with Gasteiger partial charge < -0.3 is 10.5 Å². The predicted molar refractivity (Wildman–Crippen MR) is 60.0 cm³/mol. The molecule has 0 fully saturated rings. The lowest BCUT2D eigenvalue weighted by molar-refractivity contribution is 0.299. The van der Waals surface area contributed by atoms with E-state index >= 15 is 0 Å². The third-order valence-corrected chi connectivity index (χ3v) is 2.27. The van der Waals surface area contributed by atoms with Gasteiger partial charge in [0.1, 0.15) is 5.76 Å². The maximum atomic E-state index is 5.93. The van der Waals surface area contributed by atoms with Crippen molar-refractivity contribution in [3.8, 4) is 0 Å². The van der Waals surface area contributed by atoms with Crippen LogP contribution in [0.3, 0.4) is 0 Å². The summed E-state index contributed by atoms with van der Waals surface area (Å²) in [7, 11) is 0. The van der Waals surface area contributed by atoms with Gasteiger partial charge in [0, 0.05) is 17.1 Å². The molecule has 0 bridgehead atoms. The third kappa shape index (κ3) is 2.50. The molecule has 0 saturated heterocycles. The Bertz CT molecular complexity index is 336. The van der Waals surface area contributed by atoms with Gasteiger partial charge in [-0.15, -0.1) is 0 Å². The van der Waals surface area contributed by atoms with Crippen LogP contribution >= 0.6 is 11.6 Å². The highest BCUT2D eigenvalue weighted by atomic mass is 35.5. The standard InChI is InChI=1S/C11H14ClNO/c1-3-14-8(2)9-4-5-11(12)10(6-9)7-13/h4-6H,2-3,7,13H2,1H3. The van der Waals surface area contributed by atoms with E-state index in [1.54, 1.807) is 0 Å². The minimum atomic E-state index is 0.423. The zero-order chi connectivity index (χ0) is 10.6. The Kier molecular flexibility index (Phi) is 3.98. The molecule has 0 aliphatic rings. The molecule has 2 nitrogen and oxygen atoms in total. The number of benzene rings is 1. The molecule has 76 valence electrons. The summed E-state index contributed by atoms with van der Waals surface area (Å²) < 4.78 is 5.29. The number of hydrogen-bond donors (Lipinski definition) is 1. The molecule has 0 unspecified atom stereocenters. The normalized spacial score (nSPS) is 9.93. The molecule has 0 spiro atoms. The van der Waals surface area contributed by atoms with E-state index in [4.69, 9.17) is 22.1 Å². The fourth-order valence-corrected chi connectivity index (χ4v) is 1.36. The van der Waals surface area contributed by atoms with E-state index in [2.05, 4.69) is 6.58 Å². The molecule has 2 N–H and O–H groups in total. The lowest BCUT2D eigenvalue weighted by Gasteiger charge is -2.09. The minimum absolute atomic E-state index is 0.423. The smallest absolute Gasteiger partial charge is 0.119 e. The van der Waals surface area contributed by atoms with Gasteiger partial charge in [0.25, 0.3) is 0 Å². The van der Waals surface area contributed by atoms with E-state index in [-0.39, 0.29) is 0 Å². The third-order valence-electron chi connectivity index (χ3n) is 1.91. The number of halogens is 1. The van der Waals surface area contributed by atoms with Gasteiger partial charge in [-0.25, -0.2) is 0 Å². The fraction of sp³-hybridized carbons (Fsp3) is 0.273. The van der Waals surface area contributed by atoms with Crippen LogP contribution in [0.4, 0.5) is 0 Å². The van der Waals surface area contributed by atoms with Gasteiger partial charge in [0.2, 0.25) is 0 Å². The van der Waals surface area contributed by atoms with Crippen LogP contribution in [0.5, 0.6) is 0 Å². The first-order valence-electron chi connectivity index (χ1n) is 4.49. The van der Waals surface area contributed by atoms with Crippen LogP contribution in [0.2, 0.25) is 5.02 Å². The van der Waals surface area contributed by atoms with Crippen LogP contribution in [0, 0.1) is 0 Å². The molecule has 0 atom stereocenters. The van der Waals surface area contributed by atoms with E-state index in [1.807, 2.05) is 25.1 Å². The minimum Gasteiger partial charge on any atom is -0.494 e. The van der Waals surface area contributed by atoms with Crippen LogP contribution in [-0.2, 0) is 11.3 Å². The number of rotatable bonds is 4. The van der Waals surface area contributed by atoms with E-state index < -0.39 is 0 Å². The van der Waals surface area contributed by atoms with Gasteiger partial charge >= 0.3 is 0 Å². The topological polar surface area (TPSA) is 35.2 Å². The summed E-state index contributed by atoms with van der Waals surface area (Å²) in [4.78, 5) is 0. The number of hydrogen-bond acceptors (Lipinski definition) is 2. The second kappa shape index (κ2) is 5.03. The second-order valence-corrected chi connectivity index (χ2v) is 3.27. The van der Waals surface area contributed by atoms with Gasteiger partial charge in [0.15, 0.2) is 0 Å². The Balaban J connectivity index is 2.94. The Morgan fingerprint density at radius 2 is 2.29 bits per heavy atom. The summed E-state index contributed by atoms with van der Waals surface area (Å²) in [5.74, 6) is 0.652. The van der Waals surface area contributed by atoms with Crippen molar-refractivity contribution >= 4 is 17.4 Å². The van der Waals surface area contributed by atoms with Crippen molar-refractivity contribution in [3.05, 3.63) is 40.9 Å². The monoisotopic (exact) mass is 211 g/mol. The molecule has 1 aromatic rings. The van der Waals surface area contributed by atoms with Gasteiger partial charge in [-0.3, -0.25) is 0 Å². The number of nitrogens with two attached hydrogens (primary N) is 1. The first-order chi connectivity index (χ1) is 6.69. The molecule has 0 aliphatic heterocycles. The molecule has 0 heterocycles. The first kappa shape index (κ1) is 11.1. The van der Waals surface area contributed by atoms with Gasteiger partial charge in [-0.1, -0.05) is 18.2 Å². The van der Waals surface area contributed by atoms with Gasteiger partial charge in [0.05, 0.1) is 6.61 Å². The van der Waals surface area contributed by atoms with Crippen molar-refractivity contribution in [2.45, 2.75) is 13.5 Å². The molecule has 0 aliphatic carbocycles. The summed E-state index contributed by atoms with van der Waals surface area (Å²) in [6, 6.07) is 5.59. The van der Waals surface area contributed by atoms with Crippen LogP contribution < -0.4 is 5.73 Å². The Morgan fingerprint density at radius 3 is 2.86 bits per heavy atom. The maximum absolute atomic E-state index is 5.93. The molecule has 0 saturated carbocycles. The highest BCUT2D eigenvalue weighted by Crippen LogP contribution is 2.21. The van der Waals surface area contributed by atoms with Crippen LogP contribution in [0.1, 0.15) is 18.1 Å². The molecule has 0 amide bonds. The zero-order valence-corrected chi connectivity index (χ0v) is 8.97. The summed E-state index contributed by atoms with van der Waals surface area (Å²) in [6.07, 6.45) is 0. The van der Waals surface area contributed by atoms with Crippen molar-refractivity contribution in [2.24, 2.45) is 5.73 Å². The highest BCUT2D eigenvalue weighted by molar-refractivity contribution is 6.31. The lowest BCUT2D eigenvalue weighted by atomic mass is 10.1.